The van der Waals surface area contributed by atoms with Crippen LogP contribution in [0.15, 0.2) is 46.0 Å². The average molecular weight is 417 g/mol. The van der Waals surface area contributed by atoms with E-state index >= 15 is 0 Å². The molecule has 0 spiro atoms. The molecule has 0 atom stereocenters. The van der Waals surface area contributed by atoms with Gasteiger partial charge in [0.15, 0.2) is 17.5 Å². The standard InChI is InChI=1S/C22H32N4O4/c1-27-20-7-6-18(17-21(20)28-2)25-22(24-10-8-19-5-3-14-30-19)23-9-4-11-26-12-15-29-16-13-26/h3,5-7,14,17H,4,8-13,15-16H2,1-2H3,(H2,23,24,25). The third kappa shape index (κ3) is 6.96. The normalized spacial score (nSPS) is 15.1. The van der Waals surface area contributed by atoms with Crippen LogP contribution in [0.2, 0.25) is 0 Å². The van der Waals surface area contributed by atoms with Crippen LogP contribution in [-0.4, -0.2) is 71.0 Å². The predicted molar refractivity (Wildman–Crippen MR) is 118 cm³/mol. The molecule has 8 heteroatoms. The fourth-order valence-corrected chi connectivity index (χ4v) is 3.26. The second-order valence-electron chi connectivity index (χ2n) is 6.99. The number of nitrogens with one attached hydrogen (secondary N) is 2. The summed E-state index contributed by atoms with van der Waals surface area (Å²) in [7, 11) is 3.26. The average Bonchev–Trinajstić information content (AvgIpc) is 3.30. The van der Waals surface area contributed by atoms with Crippen LogP contribution in [0.4, 0.5) is 5.69 Å². The minimum atomic E-state index is 0.671. The molecule has 0 amide bonds. The Morgan fingerprint density at radius 3 is 2.70 bits per heavy atom. The zero-order chi connectivity index (χ0) is 21.0. The van der Waals surface area contributed by atoms with Gasteiger partial charge in [0.05, 0.1) is 33.7 Å². The number of furan rings is 1. The summed E-state index contributed by atoms with van der Waals surface area (Å²) in [6.07, 6.45) is 3.47. The maximum atomic E-state index is 5.41. The minimum absolute atomic E-state index is 0.671. The second-order valence-corrected chi connectivity index (χ2v) is 6.99. The quantitative estimate of drug-likeness (QED) is 0.350. The molecule has 1 saturated heterocycles. The van der Waals surface area contributed by atoms with Gasteiger partial charge in [0.1, 0.15) is 5.76 Å². The van der Waals surface area contributed by atoms with Gasteiger partial charge in [-0.2, -0.15) is 0 Å². The van der Waals surface area contributed by atoms with E-state index < -0.39 is 0 Å². The van der Waals surface area contributed by atoms with Crippen LogP contribution in [0.5, 0.6) is 11.5 Å². The Balaban J connectivity index is 1.57. The van der Waals surface area contributed by atoms with Gasteiger partial charge in [-0.3, -0.25) is 9.89 Å². The van der Waals surface area contributed by atoms with Crippen molar-refractivity contribution in [3.63, 3.8) is 0 Å². The zero-order valence-electron chi connectivity index (χ0n) is 17.9. The van der Waals surface area contributed by atoms with E-state index in [1.54, 1.807) is 20.5 Å². The smallest absolute Gasteiger partial charge is 0.195 e. The van der Waals surface area contributed by atoms with Crippen LogP contribution in [0.3, 0.4) is 0 Å². The van der Waals surface area contributed by atoms with Crippen molar-refractivity contribution in [2.75, 3.05) is 65.5 Å². The van der Waals surface area contributed by atoms with Crippen molar-refractivity contribution in [2.45, 2.75) is 12.8 Å². The number of ether oxygens (including phenoxy) is 3. The van der Waals surface area contributed by atoms with E-state index in [9.17, 15) is 0 Å². The molecule has 0 bridgehead atoms. The number of hydrogen-bond acceptors (Lipinski definition) is 6. The minimum Gasteiger partial charge on any atom is -0.493 e. The summed E-state index contributed by atoms with van der Waals surface area (Å²) in [5.74, 6) is 3.04. The van der Waals surface area contributed by atoms with Gasteiger partial charge in [-0.1, -0.05) is 0 Å². The lowest BCUT2D eigenvalue weighted by Crippen LogP contribution is -2.37. The molecule has 164 valence electrons. The molecule has 3 rings (SSSR count). The van der Waals surface area contributed by atoms with Crippen molar-refractivity contribution in [1.29, 1.82) is 0 Å². The Labute approximate surface area is 178 Å². The lowest BCUT2D eigenvalue weighted by molar-refractivity contribution is 0.0377. The molecular weight excluding hydrogens is 384 g/mol. The van der Waals surface area contributed by atoms with E-state index in [-0.39, 0.29) is 0 Å². The van der Waals surface area contributed by atoms with Crippen molar-refractivity contribution in [2.24, 2.45) is 4.99 Å². The molecule has 0 saturated carbocycles. The topological polar surface area (TPSA) is 80.5 Å². The molecule has 2 N–H and O–H groups in total. The van der Waals surface area contributed by atoms with Crippen LogP contribution >= 0.6 is 0 Å². The Morgan fingerprint density at radius 1 is 1.13 bits per heavy atom. The van der Waals surface area contributed by atoms with E-state index in [1.807, 2.05) is 30.3 Å². The molecule has 1 aliphatic heterocycles. The number of anilines is 1. The molecule has 2 aromatic rings. The van der Waals surface area contributed by atoms with Crippen LogP contribution in [-0.2, 0) is 11.2 Å². The van der Waals surface area contributed by atoms with E-state index in [0.717, 1.165) is 76.2 Å². The third-order valence-corrected chi connectivity index (χ3v) is 4.90. The SMILES string of the molecule is COc1ccc(NC(=NCCCN2CCOCC2)NCCc2ccco2)cc1OC. The lowest BCUT2D eigenvalue weighted by Gasteiger charge is -2.26. The first-order valence-corrected chi connectivity index (χ1v) is 10.4. The summed E-state index contributed by atoms with van der Waals surface area (Å²) >= 11 is 0. The summed E-state index contributed by atoms with van der Waals surface area (Å²) in [5.41, 5.74) is 0.880. The van der Waals surface area contributed by atoms with Gasteiger partial charge in [-0.15, -0.1) is 0 Å². The molecule has 2 heterocycles. The number of hydrogen-bond donors (Lipinski definition) is 2. The monoisotopic (exact) mass is 416 g/mol. The summed E-state index contributed by atoms with van der Waals surface area (Å²) in [6.45, 7) is 6.14. The highest BCUT2D eigenvalue weighted by molar-refractivity contribution is 5.93. The Bertz CT molecular complexity index is 773. The molecule has 0 unspecified atom stereocenters. The van der Waals surface area contributed by atoms with E-state index in [0.29, 0.717) is 11.5 Å². The summed E-state index contributed by atoms with van der Waals surface area (Å²) in [6, 6.07) is 9.59. The predicted octanol–water partition coefficient (Wildman–Crippen LogP) is 2.62. The number of rotatable bonds is 10. The first-order valence-electron chi connectivity index (χ1n) is 10.4. The van der Waals surface area contributed by atoms with Crippen molar-refractivity contribution in [3.8, 4) is 11.5 Å². The highest BCUT2D eigenvalue weighted by atomic mass is 16.5. The van der Waals surface area contributed by atoms with Gasteiger partial charge >= 0.3 is 0 Å². The van der Waals surface area contributed by atoms with Crippen molar-refractivity contribution in [3.05, 3.63) is 42.4 Å². The van der Waals surface area contributed by atoms with Crippen LogP contribution < -0.4 is 20.1 Å². The van der Waals surface area contributed by atoms with Crippen molar-refractivity contribution in [1.82, 2.24) is 10.2 Å². The number of methoxy groups -OCH3 is 2. The number of benzene rings is 1. The first-order chi connectivity index (χ1) is 14.8. The molecule has 30 heavy (non-hydrogen) atoms. The number of aliphatic imine (C=N–C) groups is 1. The molecule has 1 aromatic carbocycles. The van der Waals surface area contributed by atoms with E-state index in [2.05, 4.69) is 15.5 Å². The van der Waals surface area contributed by atoms with Gasteiger partial charge in [0.2, 0.25) is 0 Å². The summed E-state index contributed by atoms with van der Waals surface area (Å²) in [5, 5.41) is 6.75. The first kappa shape index (κ1) is 22.0. The summed E-state index contributed by atoms with van der Waals surface area (Å²) < 4.78 is 21.5. The van der Waals surface area contributed by atoms with Crippen LogP contribution in [0, 0.1) is 0 Å². The van der Waals surface area contributed by atoms with E-state index in [1.165, 1.54) is 0 Å². The highest BCUT2D eigenvalue weighted by Crippen LogP contribution is 2.29. The number of nitrogens with zero attached hydrogens (tertiary/aromatic N) is 2. The highest BCUT2D eigenvalue weighted by Gasteiger charge is 2.10. The van der Waals surface area contributed by atoms with Gasteiger partial charge in [0.25, 0.3) is 0 Å². The second kappa shape index (κ2) is 12.1. The molecule has 1 aliphatic rings. The van der Waals surface area contributed by atoms with E-state index in [4.69, 9.17) is 23.6 Å². The molecular formula is C22H32N4O4. The molecule has 1 fully saturated rings. The largest absolute Gasteiger partial charge is 0.493 e. The van der Waals surface area contributed by atoms with Crippen molar-refractivity contribution >= 4 is 11.6 Å². The zero-order valence-corrected chi connectivity index (χ0v) is 17.9. The molecule has 8 nitrogen and oxygen atoms in total. The van der Waals surface area contributed by atoms with Crippen LogP contribution in [0.25, 0.3) is 0 Å². The summed E-state index contributed by atoms with van der Waals surface area (Å²) in [4.78, 5) is 7.18. The Hall–Kier alpha value is -2.71. The van der Waals surface area contributed by atoms with Gasteiger partial charge in [-0.25, -0.2) is 0 Å². The van der Waals surface area contributed by atoms with Gasteiger partial charge < -0.3 is 29.3 Å². The molecule has 0 radical (unpaired) electrons. The fourth-order valence-electron chi connectivity index (χ4n) is 3.26. The van der Waals surface area contributed by atoms with Gasteiger partial charge in [0, 0.05) is 50.9 Å². The number of morpholine rings is 1. The lowest BCUT2D eigenvalue weighted by atomic mass is 10.2. The molecule has 1 aromatic heterocycles. The van der Waals surface area contributed by atoms with Gasteiger partial charge in [-0.05, 0) is 30.7 Å². The maximum Gasteiger partial charge on any atom is 0.195 e. The fraction of sp³-hybridized carbons (Fsp3) is 0.500. The van der Waals surface area contributed by atoms with Crippen LogP contribution in [0.1, 0.15) is 12.2 Å². The maximum absolute atomic E-state index is 5.41. The molecule has 0 aliphatic carbocycles. The van der Waals surface area contributed by atoms with Crippen molar-refractivity contribution < 1.29 is 18.6 Å². The Morgan fingerprint density at radius 2 is 1.97 bits per heavy atom. The number of guanidine groups is 1. The Kier molecular flexibility index (Phi) is 8.86. The third-order valence-electron chi connectivity index (χ3n) is 4.90.